The first kappa shape index (κ1) is 26.4. The summed E-state index contributed by atoms with van der Waals surface area (Å²) in [5, 5.41) is 20.0. The third-order valence-corrected chi connectivity index (χ3v) is 5.77. The second kappa shape index (κ2) is 10.00. The number of alkyl halides is 4. The molecule has 3 N–H and O–H groups in total. The van der Waals surface area contributed by atoms with Gasteiger partial charge in [-0.15, -0.1) is 0 Å². The highest BCUT2D eigenvalue weighted by molar-refractivity contribution is 6.07. The first-order valence-corrected chi connectivity index (χ1v) is 11.0. The van der Waals surface area contributed by atoms with Crippen LogP contribution in [0.25, 0.3) is 11.3 Å². The van der Waals surface area contributed by atoms with Gasteiger partial charge in [0, 0.05) is 24.5 Å². The van der Waals surface area contributed by atoms with Gasteiger partial charge >= 0.3 is 0 Å². The average molecular weight is 530 g/mol. The van der Waals surface area contributed by atoms with Crippen LogP contribution in [-0.2, 0) is 14.3 Å². The third kappa shape index (κ3) is 6.18. The molecular formula is C23H20F6N4O4. The van der Waals surface area contributed by atoms with Crippen LogP contribution in [0.5, 0.6) is 0 Å². The van der Waals surface area contributed by atoms with Crippen LogP contribution >= 0.6 is 0 Å². The minimum Gasteiger partial charge on any atom is -0.503 e. The molecule has 2 heterocycles. The molecule has 1 saturated carbocycles. The summed E-state index contributed by atoms with van der Waals surface area (Å²) >= 11 is 0. The zero-order chi connectivity index (χ0) is 27.0. The number of amides is 1. The van der Waals surface area contributed by atoms with Gasteiger partial charge in [0.2, 0.25) is 5.90 Å². The molecule has 2 fully saturated rings. The number of anilines is 1. The first-order chi connectivity index (χ1) is 17.4. The smallest absolute Gasteiger partial charge is 0.290 e. The highest BCUT2D eigenvalue weighted by Gasteiger charge is 2.57. The Kier molecular flexibility index (Phi) is 7.13. The van der Waals surface area contributed by atoms with E-state index in [9.17, 15) is 36.2 Å². The molecule has 0 spiro atoms. The Morgan fingerprint density at radius 2 is 2.00 bits per heavy atom. The van der Waals surface area contributed by atoms with Gasteiger partial charge in [0.15, 0.2) is 5.76 Å². The predicted octanol–water partition coefficient (Wildman–Crippen LogP) is 4.94. The molecule has 1 saturated heterocycles. The number of carbonyl (C=O) groups excluding carboxylic acids is 1. The molecule has 2 aromatic rings. The van der Waals surface area contributed by atoms with Gasteiger partial charge in [-0.2, -0.15) is 0 Å². The highest BCUT2D eigenvalue weighted by Crippen LogP contribution is 2.48. The van der Waals surface area contributed by atoms with Gasteiger partial charge in [0.05, 0.1) is 23.9 Å². The highest BCUT2D eigenvalue weighted by atomic mass is 19.3. The van der Waals surface area contributed by atoms with Crippen LogP contribution < -0.4 is 5.32 Å². The zero-order valence-electron chi connectivity index (χ0n) is 18.9. The zero-order valence-corrected chi connectivity index (χ0v) is 18.9. The number of benzene rings is 1. The van der Waals surface area contributed by atoms with Crippen LogP contribution in [0.4, 0.5) is 32.0 Å². The van der Waals surface area contributed by atoms with Gasteiger partial charge in [-0.3, -0.25) is 10.2 Å². The number of nitrogens with one attached hydrogen (secondary N) is 2. The van der Waals surface area contributed by atoms with Gasteiger partial charge in [0.1, 0.15) is 36.4 Å². The maximum absolute atomic E-state index is 14.6. The Hall–Kier alpha value is -3.68. The molecule has 37 heavy (non-hydrogen) atoms. The molecule has 1 aromatic carbocycles. The number of nitrogens with zero attached hydrogens (tertiary/aromatic N) is 2. The van der Waals surface area contributed by atoms with Crippen LogP contribution in [0.15, 0.2) is 36.4 Å². The fourth-order valence-electron chi connectivity index (χ4n) is 3.64. The minimum atomic E-state index is -3.09. The Balaban J connectivity index is 1.62. The molecule has 198 valence electrons. The van der Waals surface area contributed by atoms with Crippen LogP contribution in [-0.4, -0.2) is 51.9 Å². The standard InChI is InChI=1S/C23H20F6N4O4/c24-12-1-2-14(25)13(5-12)18-20(19(32-10-31-18)16-3-4-22(26,27)9-37-16)33-21(35)15(34)6-17(30)36-8-11-7-23(11,28)29/h1-2,5-6,10-11,16,30,34H,3-4,7-9H2,(H,33,35)/b15-6-,30-17?. The Morgan fingerprint density at radius 1 is 1.27 bits per heavy atom. The number of hydrogen-bond acceptors (Lipinski definition) is 7. The molecule has 2 aliphatic rings. The summed E-state index contributed by atoms with van der Waals surface area (Å²) in [5.74, 6) is -12.0. The molecule has 0 radical (unpaired) electrons. The topological polar surface area (TPSA) is 117 Å². The fraction of sp³-hybridized carbons (Fsp3) is 0.391. The molecule has 2 unspecified atom stereocenters. The van der Waals surface area contributed by atoms with Crippen molar-refractivity contribution in [2.45, 2.75) is 37.2 Å². The second-order valence-electron chi connectivity index (χ2n) is 8.62. The second-order valence-corrected chi connectivity index (χ2v) is 8.62. The average Bonchev–Trinajstić information content (AvgIpc) is 3.45. The van der Waals surface area contributed by atoms with E-state index in [2.05, 4.69) is 15.3 Å². The quantitative estimate of drug-likeness (QED) is 0.154. The lowest BCUT2D eigenvalue weighted by Gasteiger charge is -2.29. The monoisotopic (exact) mass is 530 g/mol. The van der Waals surface area contributed by atoms with E-state index in [1.807, 2.05) is 0 Å². The fourth-order valence-corrected chi connectivity index (χ4v) is 3.64. The maximum atomic E-state index is 14.6. The van der Waals surface area contributed by atoms with Crippen molar-refractivity contribution >= 4 is 17.5 Å². The van der Waals surface area contributed by atoms with Crippen molar-refractivity contribution < 1.29 is 45.7 Å². The summed E-state index contributed by atoms with van der Waals surface area (Å²) in [6.45, 7) is -1.45. The van der Waals surface area contributed by atoms with Crippen molar-refractivity contribution in [3.05, 3.63) is 53.7 Å². The first-order valence-electron chi connectivity index (χ1n) is 11.0. The van der Waals surface area contributed by atoms with Crippen molar-refractivity contribution in [2.75, 3.05) is 18.5 Å². The summed E-state index contributed by atoms with van der Waals surface area (Å²) in [6, 6.07) is 2.46. The van der Waals surface area contributed by atoms with E-state index in [1.54, 1.807) is 0 Å². The van der Waals surface area contributed by atoms with Crippen molar-refractivity contribution in [3.8, 4) is 11.3 Å². The van der Waals surface area contributed by atoms with Gasteiger partial charge in [-0.25, -0.2) is 36.3 Å². The number of halogens is 6. The lowest BCUT2D eigenvalue weighted by molar-refractivity contribution is -0.146. The number of rotatable bonds is 7. The Labute approximate surface area is 205 Å². The number of aliphatic hydroxyl groups excluding tert-OH is 1. The van der Waals surface area contributed by atoms with E-state index >= 15 is 0 Å². The van der Waals surface area contributed by atoms with E-state index < -0.39 is 84.7 Å². The molecule has 0 bridgehead atoms. The van der Waals surface area contributed by atoms with E-state index in [0.29, 0.717) is 6.08 Å². The molecule has 8 nitrogen and oxygen atoms in total. The van der Waals surface area contributed by atoms with Crippen molar-refractivity contribution in [1.82, 2.24) is 9.97 Å². The van der Waals surface area contributed by atoms with E-state index in [0.717, 1.165) is 24.5 Å². The predicted molar refractivity (Wildman–Crippen MR) is 116 cm³/mol. The van der Waals surface area contributed by atoms with Gasteiger partial charge < -0.3 is 19.9 Å². The number of aliphatic hydroxyl groups is 1. The third-order valence-electron chi connectivity index (χ3n) is 5.77. The molecule has 1 aliphatic heterocycles. The van der Waals surface area contributed by atoms with Crippen molar-refractivity contribution in [2.24, 2.45) is 5.92 Å². The Morgan fingerprint density at radius 3 is 2.65 bits per heavy atom. The lowest BCUT2D eigenvalue weighted by Crippen LogP contribution is -2.32. The lowest BCUT2D eigenvalue weighted by atomic mass is 10.00. The van der Waals surface area contributed by atoms with Gasteiger partial charge in [0.25, 0.3) is 17.8 Å². The largest absolute Gasteiger partial charge is 0.503 e. The SMILES string of the molecule is N=C(/C=C(\O)C(=O)Nc1c(-c2cc(F)ccc2F)ncnc1C1CCC(F)(F)CO1)OCC1CC1(F)F. The summed E-state index contributed by atoms with van der Waals surface area (Å²) in [6.07, 6.45) is -0.779. The Bertz CT molecular complexity index is 1250. The van der Waals surface area contributed by atoms with Crippen LogP contribution in [0.3, 0.4) is 0 Å². The molecule has 1 amide bonds. The molecule has 1 aliphatic carbocycles. The molecule has 4 rings (SSSR count). The van der Waals surface area contributed by atoms with Crippen LogP contribution in [0.1, 0.15) is 31.1 Å². The normalized spacial score (nSPS) is 22.3. The van der Waals surface area contributed by atoms with Gasteiger partial charge in [-0.05, 0) is 24.6 Å². The minimum absolute atomic E-state index is 0.132. The number of ether oxygens (including phenoxy) is 2. The van der Waals surface area contributed by atoms with Crippen molar-refractivity contribution in [1.29, 1.82) is 5.41 Å². The molecular weight excluding hydrogens is 510 g/mol. The van der Waals surface area contributed by atoms with Gasteiger partial charge in [-0.1, -0.05) is 0 Å². The molecule has 2 atom stereocenters. The summed E-state index contributed by atoms with van der Waals surface area (Å²) in [5.41, 5.74) is -1.21. The van der Waals surface area contributed by atoms with Crippen LogP contribution in [0.2, 0.25) is 0 Å². The van der Waals surface area contributed by atoms with E-state index in [1.165, 1.54) is 0 Å². The number of carbonyl (C=O) groups is 1. The van der Waals surface area contributed by atoms with Crippen LogP contribution in [0, 0.1) is 23.0 Å². The number of hydrogen-bond donors (Lipinski definition) is 3. The van der Waals surface area contributed by atoms with E-state index in [-0.39, 0.29) is 23.5 Å². The summed E-state index contributed by atoms with van der Waals surface area (Å²) in [7, 11) is 0. The molecule has 14 heteroatoms. The maximum Gasteiger partial charge on any atom is 0.290 e. The molecule has 1 aromatic heterocycles. The van der Waals surface area contributed by atoms with Crippen molar-refractivity contribution in [3.63, 3.8) is 0 Å². The van der Waals surface area contributed by atoms with E-state index in [4.69, 9.17) is 14.9 Å². The summed E-state index contributed by atoms with van der Waals surface area (Å²) in [4.78, 5) is 20.6. The number of aromatic nitrogens is 2. The summed E-state index contributed by atoms with van der Waals surface area (Å²) < 4.78 is 91.6.